The van der Waals surface area contributed by atoms with Crippen molar-refractivity contribution in [3.63, 3.8) is 0 Å². The maximum absolute atomic E-state index is 12.2. The van der Waals surface area contributed by atoms with Crippen LogP contribution in [0.2, 0.25) is 0 Å². The number of nitrogens with one attached hydrogen (secondary N) is 1. The van der Waals surface area contributed by atoms with Gasteiger partial charge >= 0.3 is 5.97 Å². The van der Waals surface area contributed by atoms with Crippen molar-refractivity contribution >= 4 is 11.7 Å². The van der Waals surface area contributed by atoms with E-state index in [4.69, 9.17) is 15.2 Å². The fraction of sp³-hybridized carbons (Fsp3) is 0.333. The molecule has 2 heterocycles. The minimum Gasteiger partial charge on any atom is -0.496 e. The number of hydrogen-bond donors (Lipinski definition) is 3. The van der Waals surface area contributed by atoms with E-state index in [9.17, 15) is 9.90 Å². The van der Waals surface area contributed by atoms with Crippen LogP contribution in [0.25, 0.3) is 0 Å². The molecule has 2 aromatic rings. The third-order valence-corrected chi connectivity index (χ3v) is 4.92. The lowest BCUT2D eigenvalue weighted by Gasteiger charge is -2.32. The lowest BCUT2D eigenvalue weighted by atomic mass is 9.79. The van der Waals surface area contributed by atoms with Gasteiger partial charge in [-0.2, -0.15) is 0 Å². The Morgan fingerprint density at radius 1 is 1.36 bits per heavy atom. The Hall–Kier alpha value is -3.06. The van der Waals surface area contributed by atoms with Crippen LogP contribution in [-0.4, -0.2) is 29.8 Å². The van der Waals surface area contributed by atoms with Crippen molar-refractivity contribution in [2.75, 3.05) is 19.0 Å². The summed E-state index contributed by atoms with van der Waals surface area (Å²) in [5, 5.41) is 13.2. The zero-order chi connectivity index (χ0) is 20.4. The number of nitrogens with zero attached hydrogens (tertiary/aromatic N) is 1. The molecule has 0 aliphatic carbocycles. The summed E-state index contributed by atoms with van der Waals surface area (Å²) < 4.78 is 11.4. The molecule has 0 radical (unpaired) electrons. The number of anilines is 1. The van der Waals surface area contributed by atoms with Crippen molar-refractivity contribution in [1.82, 2.24) is 4.98 Å². The number of aryl methyl sites for hydroxylation is 1. The lowest BCUT2D eigenvalue weighted by Crippen LogP contribution is -2.25. The van der Waals surface area contributed by atoms with E-state index in [0.29, 0.717) is 36.0 Å². The number of pyridine rings is 1. The summed E-state index contributed by atoms with van der Waals surface area (Å²) in [6, 6.07) is 5.60. The molecule has 1 aliphatic heterocycles. The van der Waals surface area contributed by atoms with E-state index in [2.05, 4.69) is 10.3 Å². The van der Waals surface area contributed by atoms with E-state index in [1.807, 2.05) is 32.0 Å². The molecule has 1 aromatic heterocycles. The molecular formula is C21H25N3O4. The number of aromatic nitrogens is 1. The zero-order valence-electron chi connectivity index (χ0n) is 16.5. The summed E-state index contributed by atoms with van der Waals surface area (Å²) in [5.74, 6) is -0.604. The van der Waals surface area contributed by atoms with Gasteiger partial charge in [-0.1, -0.05) is 12.1 Å². The number of fused-ring (bicyclic) bond motifs is 1. The summed E-state index contributed by atoms with van der Waals surface area (Å²) in [7, 11) is 1.57. The molecule has 1 aliphatic rings. The predicted octanol–water partition coefficient (Wildman–Crippen LogP) is 3.17. The molecule has 0 spiro atoms. The quantitative estimate of drug-likeness (QED) is 0.703. The van der Waals surface area contributed by atoms with Crippen LogP contribution < -0.4 is 20.5 Å². The van der Waals surface area contributed by atoms with Crippen LogP contribution in [0, 0.1) is 6.92 Å². The van der Waals surface area contributed by atoms with Crippen molar-refractivity contribution in [3.05, 3.63) is 57.9 Å². The van der Waals surface area contributed by atoms with E-state index in [-0.39, 0.29) is 5.57 Å². The second-order valence-corrected chi connectivity index (χ2v) is 6.65. The summed E-state index contributed by atoms with van der Waals surface area (Å²) in [4.78, 5) is 16.6. The molecule has 1 atom stereocenters. The van der Waals surface area contributed by atoms with Gasteiger partial charge in [0.05, 0.1) is 36.5 Å². The summed E-state index contributed by atoms with van der Waals surface area (Å²) >= 11 is 0. The van der Waals surface area contributed by atoms with Crippen molar-refractivity contribution in [2.24, 2.45) is 5.73 Å². The molecule has 4 N–H and O–H groups in total. The molecule has 0 fully saturated rings. The number of carboxylic acids is 1. The monoisotopic (exact) mass is 383 g/mol. The van der Waals surface area contributed by atoms with E-state index < -0.39 is 11.9 Å². The molecule has 7 heteroatoms. The summed E-state index contributed by atoms with van der Waals surface area (Å²) in [6.45, 7) is 6.35. The number of carboxylic acid groups (broad SMARTS) is 1. The normalized spacial score (nSPS) is 15.7. The van der Waals surface area contributed by atoms with Gasteiger partial charge in [0.2, 0.25) is 5.88 Å². The first-order valence-corrected chi connectivity index (χ1v) is 9.13. The highest BCUT2D eigenvalue weighted by molar-refractivity contribution is 5.94. The second-order valence-electron chi connectivity index (χ2n) is 6.65. The van der Waals surface area contributed by atoms with Gasteiger partial charge in [-0.15, -0.1) is 0 Å². The van der Waals surface area contributed by atoms with Gasteiger partial charge in [0.15, 0.2) is 0 Å². The zero-order valence-corrected chi connectivity index (χ0v) is 16.5. The molecule has 7 nitrogen and oxygen atoms in total. The van der Waals surface area contributed by atoms with Crippen molar-refractivity contribution in [2.45, 2.75) is 33.2 Å². The molecular weight excluding hydrogens is 358 g/mol. The fourth-order valence-electron chi connectivity index (χ4n) is 3.63. The highest BCUT2D eigenvalue weighted by atomic mass is 16.5. The van der Waals surface area contributed by atoms with Crippen molar-refractivity contribution < 1.29 is 19.4 Å². The average Bonchev–Trinajstić information content (AvgIpc) is 2.68. The second kappa shape index (κ2) is 7.90. The summed E-state index contributed by atoms with van der Waals surface area (Å²) in [6.07, 6.45) is 1.72. The third-order valence-electron chi connectivity index (χ3n) is 4.92. The third kappa shape index (κ3) is 3.29. The van der Waals surface area contributed by atoms with Crippen molar-refractivity contribution in [1.29, 1.82) is 0 Å². The molecule has 3 rings (SSSR count). The van der Waals surface area contributed by atoms with Gasteiger partial charge in [0.1, 0.15) is 5.75 Å². The Morgan fingerprint density at radius 2 is 2.11 bits per heavy atom. The molecule has 28 heavy (non-hydrogen) atoms. The van der Waals surface area contributed by atoms with E-state index >= 15 is 0 Å². The van der Waals surface area contributed by atoms with E-state index in [1.54, 1.807) is 20.2 Å². The maximum atomic E-state index is 12.2. The first-order chi connectivity index (χ1) is 13.4. The first-order valence-electron chi connectivity index (χ1n) is 9.13. The Kier molecular flexibility index (Phi) is 5.56. The van der Waals surface area contributed by atoms with Gasteiger partial charge in [-0.25, -0.2) is 9.78 Å². The molecule has 1 aromatic carbocycles. The number of ether oxygens (including phenoxy) is 2. The highest BCUT2D eigenvalue weighted by Crippen LogP contribution is 2.48. The largest absolute Gasteiger partial charge is 0.496 e. The van der Waals surface area contributed by atoms with E-state index in [1.165, 1.54) is 0 Å². The SMILES string of the molecule is CCOc1ncc(C)c2c1C(c1ccc(CN)cc1OC)C(C(=O)O)=C(C)N2. The number of methoxy groups -OCH3 is 1. The van der Waals surface area contributed by atoms with Gasteiger partial charge in [0.25, 0.3) is 0 Å². The standard InChI is InChI=1S/C21H25N3O4/c1-5-28-20-18-17(14-7-6-13(9-22)8-15(14)27-4)16(21(25)26)12(3)24-19(18)11(2)10-23-20/h6-8,10,17,24H,5,9,22H2,1-4H3,(H,25,26). The van der Waals surface area contributed by atoms with Crippen LogP contribution >= 0.6 is 0 Å². The minimum atomic E-state index is -1.01. The molecule has 1 unspecified atom stereocenters. The van der Waals surface area contributed by atoms with Gasteiger partial charge in [-0.05, 0) is 38.0 Å². The number of benzene rings is 1. The predicted molar refractivity (Wildman–Crippen MR) is 107 cm³/mol. The number of aliphatic carboxylic acids is 1. The number of hydrogen-bond acceptors (Lipinski definition) is 6. The molecule has 148 valence electrons. The fourth-order valence-corrected chi connectivity index (χ4v) is 3.63. The number of nitrogens with two attached hydrogens (primary N) is 1. The number of carbonyl (C=O) groups is 1. The number of allylic oxidation sites excluding steroid dienone is 1. The highest BCUT2D eigenvalue weighted by Gasteiger charge is 2.37. The average molecular weight is 383 g/mol. The van der Waals surface area contributed by atoms with E-state index in [0.717, 1.165) is 22.4 Å². The van der Waals surface area contributed by atoms with Crippen LogP contribution in [0.15, 0.2) is 35.7 Å². The summed E-state index contributed by atoms with van der Waals surface area (Å²) in [5.41, 5.74) is 10.6. The Balaban J connectivity index is 2.35. The van der Waals surface area contributed by atoms with Gasteiger partial charge in [0, 0.05) is 24.0 Å². The topological polar surface area (TPSA) is 107 Å². The lowest BCUT2D eigenvalue weighted by molar-refractivity contribution is -0.133. The first kappa shape index (κ1) is 19.7. The van der Waals surface area contributed by atoms with Crippen LogP contribution in [0.5, 0.6) is 11.6 Å². The molecule has 0 saturated heterocycles. The van der Waals surface area contributed by atoms with Crippen LogP contribution in [0.1, 0.15) is 42.0 Å². The maximum Gasteiger partial charge on any atom is 0.334 e. The molecule has 0 bridgehead atoms. The Bertz CT molecular complexity index is 953. The Labute approximate surface area is 164 Å². The minimum absolute atomic E-state index is 0.236. The molecule has 0 amide bonds. The van der Waals surface area contributed by atoms with Crippen LogP contribution in [0.4, 0.5) is 5.69 Å². The van der Waals surface area contributed by atoms with Gasteiger partial charge < -0.3 is 25.6 Å². The molecule has 0 saturated carbocycles. The Morgan fingerprint density at radius 3 is 2.71 bits per heavy atom. The van der Waals surface area contributed by atoms with Crippen LogP contribution in [0.3, 0.4) is 0 Å². The smallest absolute Gasteiger partial charge is 0.334 e. The van der Waals surface area contributed by atoms with Crippen LogP contribution in [-0.2, 0) is 11.3 Å². The van der Waals surface area contributed by atoms with Gasteiger partial charge in [-0.3, -0.25) is 0 Å². The number of rotatable bonds is 6. The van der Waals surface area contributed by atoms with Crippen molar-refractivity contribution in [3.8, 4) is 11.6 Å².